The summed E-state index contributed by atoms with van der Waals surface area (Å²) in [6, 6.07) is 0. The summed E-state index contributed by atoms with van der Waals surface area (Å²) in [4.78, 5) is 34.3. The van der Waals surface area contributed by atoms with E-state index in [9.17, 15) is 0 Å². The van der Waals surface area contributed by atoms with E-state index in [4.69, 9.17) is 19.2 Å². The Morgan fingerprint density at radius 3 is 0.857 bits per heavy atom. The van der Waals surface area contributed by atoms with Gasteiger partial charge in [0.25, 0.3) is 0 Å². The van der Waals surface area contributed by atoms with Gasteiger partial charge in [0, 0.05) is 0 Å². The van der Waals surface area contributed by atoms with Gasteiger partial charge in [0.2, 0.25) is 0 Å². The van der Waals surface area contributed by atoms with Gasteiger partial charge in [-0.2, -0.15) is 0 Å². The molecule has 0 atom stereocenters. The van der Waals surface area contributed by atoms with Gasteiger partial charge in [0.15, 0.2) is 0 Å². The smallest absolute Gasteiger partial charge is 0.894 e. The van der Waals surface area contributed by atoms with Crippen LogP contribution in [0.15, 0.2) is 0 Å². The first-order valence-electron chi connectivity index (χ1n) is 0.816. The predicted octanol–water partition coefficient (Wildman–Crippen LogP) is -8.14. The summed E-state index contributed by atoms with van der Waals surface area (Å²) in [5.41, 5.74) is 0. The Labute approximate surface area is 72.6 Å². The summed E-state index contributed by atoms with van der Waals surface area (Å²) < 4.78 is 0. The summed E-state index contributed by atoms with van der Waals surface area (Å²) in [6.45, 7) is 0. The Morgan fingerprint density at radius 2 is 0.857 bits per heavy atom. The van der Waals surface area contributed by atoms with Gasteiger partial charge < -0.3 is 28.2 Å². The van der Waals surface area contributed by atoms with Crippen molar-refractivity contribution in [3.63, 3.8) is 0 Å². The molecule has 0 aliphatic rings. The third-order valence-electron chi connectivity index (χ3n) is 0. The number of rotatable bonds is 0. The fourth-order valence-electron chi connectivity index (χ4n) is 0. The molecule has 0 saturated carbocycles. The van der Waals surface area contributed by atoms with Crippen LogP contribution < -0.4 is 38.0 Å². The molecule has 0 amide bonds. The van der Waals surface area contributed by atoms with E-state index in [-0.39, 0.29) is 44.7 Å². The maximum absolute atomic E-state index is 8.58. The maximum Gasteiger partial charge on any atom is 3.00 e. The van der Waals surface area contributed by atoms with Crippen LogP contribution in [0.4, 0.5) is 0 Å². The molecule has 0 radical (unpaired) electrons. The van der Waals surface area contributed by atoms with E-state index in [2.05, 4.69) is 0 Å². The molecule has 0 unspecified atom stereocenters. The van der Waals surface area contributed by atoms with E-state index in [0.717, 1.165) is 0 Å². The van der Waals surface area contributed by atoms with Gasteiger partial charge in [-0.05, 0) is 0 Å². The molecular weight excluding hydrogens is 144 g/mol. The van der Waals surface area contributed by atoms with Crippen LogP contribution in [0, 0.1) is 0 Å². The summed E-state index contributed by atoms with van der Waals surface area (Å²) in [5.74, 6) is 0. The Kier molecular flexibility index (Phi) is 12.8. The first-order valence-corrected chi connectivity index (χ1v) is 2.45. The molecule has 0 aliphatic carbocycles. The molecule has 7 heteroatoms. The SMILES string of the molecule is [Li+].[O-][Si]([O-])([O-])[O-].[Sc+3]. The minimum atomic E-state index is -5.61. The Bertz CT molecular complexity index is 27.2. The number of hydrogen-bond donors (Lipinski definition) is 0. The van der Waals surface area contributed by atoms with Gasteiger partial charge in [-0.3, -0.25) is 0 Å². The minimum Gasteiger partial charge on any atom is -0.894 e. The van der Waals surface area contributed by atoms with Crippen molar-refractivity contribution in [2.75, 3.05) is 0 Å². The monoisotopic (exact) mass is 144 g/mol. The van der Waals surface area contributed by atoms with Crippen LogP contribution in [0.3, 0.4) is 0 Å². The van der Waals surface area contributed by atoms with E-state index < -0.39 is 9.05 Å². The van der Waals surface area contributed by atoms with Crippen molar-refractivity contribution in [3.8, 4) is 0 Å². The zero-order valence-corrected chi connectivity index (χ0v) is 6.51. The number of hydrogen-bond acceptors (Lipinski definition) is 4. The third-order valence-corrected chi connectivity index (χ3v) is 0. The molecule has 7 heavy (non-hydrogen) atoms. The molecule has 0 N–H and O–H groups in total. The van der Waals surface area contributed by atoms with Crippen LogP contribution >= 0.6 is 0 Å². The van der Waals surface area contributed by atoms with Gasteiger partial charge in [-0.15, -0.1) is 0 Å². The van der Waals surface area contributed by atoms with E-state index >= 15 is 0 Å². The predicted molar refractivity (Wildman–Crippen MR) is 5.75 cm³/mol. The zero-order chi connectivity index (χ0) is 4.50. The standard InChI is InChI=1S/Li.O4Si.Sc/c;1-5(2,3)4;/q+1;-4;+3. The molecule has 0 bridgehead atoms. The van der Waals surface area contributed by atoms with Gasteiger partial charge in [0.1, 0.15) is 0 Å². The van der Waals surface area contributed by atoms with Crippen LogP contribution in [0.25, 0.3) is 0 Å². The molecule has 0 aromatic carbocycles. The van der Waals surface area contributed by atoms with Crippen molar-refractivity contribution in [1.29, 1.82) is 0 Å². The quantitative estimate of drug-likeness (QED) is 0.315. The molecule has 32 valence electrons. The average molecular weight is 144 g/mol. The van der Waals surface area contributed by atoms with Crippen molar-refractivity contribution in [2.24, 2.45) is 0 Å². The second-order valence-electron chi connectivity index (χ2n) is 0.500. The summed E-state index contributed by atoms with van der Waals surface area (Å²) in [5, 5.41) is 0. The van der Waals surface area contributed by atoms with E-state index in [1.54, 1.807) is 0 Å². The average Bonchev–Trinajstić information content (AvgIpc) is 0.722. The minimum absolute atomic E-state index is 0. The maximum atomic E-state index is 8.58. The molecule has 0 rings (SSSR count). The Morgan fingerprint density at radius 1 is 0.857 bits per heavy atom. The molecule has 4 nitrogen and oxygen atoms in total. The fraction of sp³-hybridized carbons (Fsp3) is 0. The van der Waals surface area contributed by atoms with Crippen LogP contribution in [0.5, 0.6) is 0 Å². The topological polar surface area (TPSA) is 92.2 Å². The van der Waals surface area contributed by atoms with Gasteiger partial charge in [0.05, 0.1) is 0 Å². The van der Waals surface area contributed by atoms with Crippen molar-refractivity contribution in [3.05, 3.63) is 0 Å². The first kappa shape index (κ1) is 15.8. The fourth-order valence-corrected chi connectivity index (χ4v) is 0. The molecular formula is LiO4ScSi. The van der Waals surface area contributed by atoms with E-state index in [1.807, 2.05) is 0 Å². The molecule has 0 heterocycles. The second kappa shape index (κ2) is 5.66. The van der Waals surface area contributed by atoms with Crippen LogP contribution in [0.2, 0.25) is 0 Å². The van der Waals surface area contributed by atoms with Crippen molar-refractivity contribution in [2.45, 2.75) is 0 Å². The first-order chi connectivity index (χ1) is 2.00. The van der Waals surface area contributed by atoms with Crippen molar-refractivity contribution in [1.82, 2.24) is 0 Å². The molecule has 0 aliphatic heterocycles. The molecule has 0 fully saturated rings. The zero-order valence-electron chi connectivity index (χ0n) is 3.71. The van der Waals surface area contributed by atoms with Crippen LogP contribution in [0.1, 0.15) is 0 Å². The van der Waals surface area contributed by atoms with Crippen LogP contribution in [-0.4, -0.2) is 9.05 Å². The Hall–Kier alpha value is 1.52. The molecule has 0 aromatic heterocycles. The molecule has 0 saturated heterocycles. The van der Waals surface area contributed by atoms with Crippen molar-refractivity contribution >= 4 is 9.05 Å². The Balaban J connectivity index is -0.0000000800. The van der Waals surface area contributed by atoms with E-state index in [0.29, 0.717) is 0 Å². The summed E-state index contributed by atoms with van der Waals surface area (Å²) in [7, 11) is -5.61. The van der Waals surface area contributed by atoms with Crippen molar-refractivity contribution < 1.29 is 63.9 Å². The summed E-state index contributed by atoms with van der Waals surface area (Å²) >= 11 is 0. The molecule has 0 aromatic rings. The van der Waals surface area contributed by atoms with Gasteiger partial charge in [-0.25, -0.2) is 0 Å². The second-order valence-corrected chi connectivity index (χ2v) is 1.50. The summed E-state index contributed by atoms with van der Waals surface area (Å²) in [6.07, 6.45) is 0. The van der Waals surface area contributed by atoms with E-state index in [1.165, 1.54) is 0 Å². The van der Waals surface area contributed by atoms with Gasteiger partial charge >= 0.3 is 44.7 Å². The normalized spacial score (nSPS) is 8.57. The third kappa shape index (κ3) is 98.8. The molecule has 0 spiro atoms. The van der Waals surface area contributed by atoms with Gasteiger partial charge in [-0.1, -0.05) is 0 Å². The van der Waals surface area contributed by atoms with Crippen LogP contribution in [-0.2, 0) is 25.8 Å². The largest absolute Gasteiger partial charge is 3.00 e.